The van der Waals surface area contributed by atoms with Gasteiger partial charge in [0.05, 0.1) is 5.52 Å². The molecule has 0 amide bonds. The molecule has 3 rings (SSSR count). The van der Waals surface area contributed by atoms with Crippen molar-refractivity contribution in [2.45, 2.75) is 5.75 Å². The van der Waals surface area contributed by atoms with E-state index in [0.717, 1.165) is 28.0 Å². The summed E-state index contributed by atoms with van der Waals surface area (Å²) < 4.78 is 11.3. The minimum Gasteiger partial charge on any atom is -0.340 e. The molecule has 0 fully saturated rings. The van der Waals surface area contributed by atoms with Crippen LogP contribution in [0.2, 0.25) is 0 Å². The van der Waals surface area contributed by atoms with Crippen molar-refractivity contribution < 1.29 is 4.21 Å². The predicted octanol–water partition coefficient (Wildman–Crippen LogP) is 3.25. The number of nitrogens with one attached hydrogen (secondary N) is 1. The highest BCUT2D eigenvalue weighted by molar-refractivity contribution is 7.83. The fraction of sp³-hybridized carbons (Fsp3) is 0.125. The fourth-order valence-corrected chi connectivity index (χ4v) is 2.86. The molecule has 0 saturated carbocycles. The Morgan fingerprint density at radius 2 is 1.95 bits per heavy atom. The molecule has 1 aromatic heterocycles. The summed E-state index contributed by atoms with van der Waals surface area (Å²) in [6, 6.07) is 15.8. The third-order valence-corrected chi connectivity index (χ3v) is 3.84. The van der Waals surface area contributed by atoms with E-state index >= 15 is 0 Å². The standard InChI is InChI=1S/C16H15N3OS/c1-21(20)10-12-5-4-6-13(9-12)19-16-14-7-2-3-8-15(14)17-11-18-16/h2-9,11H,10H2,1H3,(H,17,18,19). The lowest BCUT2D eigenvalue weighted by Crippen LogP contribution is -1.98. The van der Waals surface area contributed by atoms with Crippen LogP contribution in [0.25, 0.3) is 10.9 Å². The summed E-state index contributed by atoms with van der Waals surface area (Å²) in [7, 11) is -0.847. The Morgan fingerprint density at radius 1 is 1.10 bits per heavy atom. The molecule has 4 nitrogen and oxygen atoms in total. The van der Waals surface area contributed by atoms with E-state index in [0.29, 0.717) is 5.75 Å². The van der Waals surface area contributed by atoms with Gasteiger partial charge in [0.2, 0.25) is 0 Å². The van der Waals surface area contributed by atoms with Crippen molar-refractivity contribution in [2.24, 2.45) is 0 Å². The average Bonchev–Trinajstić information content (AvgIpc) is 2.47. The molecule has 0 aliphatic rings. The van der Waals surface area contributed by atoms with Gasteiger partial charge >= 0.3 is 0 Å². The lowest BCUT2D eigenvalue weighted by Gasteiger charge is -2.09. The minimum absolute atomic E-state index is 0.556. The summed E-state index contributed by atoms with van der Waals surface area (Å²) in [5.41, 5.74) is 2.88. The largest absolute Gasteiger partial charge is 0.340 e. The Balaban J connectivity index is 1.93. The summed E-state index contributed by atoms with van der Waals surface area (Å²) >= 11 is 0. The van der Waals surface area contributed by atoms with Crippen LogP contribution in [-0.2, 0) is 16.6 Å². The highest BCUT2D eigenvalue weighted by Gasteiger charge is 2.04. The molecular weight excluding hydrogens is 282 g/mol. The van der Waals surface area contributed by atoms with E-state index < -0.39 is 10.8 Å². The molecule has 1 unspecified atom stereocenters. The average molecular weight is 297 g/mol. The van der Waals surface area contributed by atoms with Gasteiger partial charge in [-0.3, -0.25) is 4.21 Å². The highest BCUT2D eigenvalue weighted by atomic mass is 32.2. The van der Waals surface area contributed by atoms with Gasteiger partial charge in [0, 0.05) is 33.9 Å². The molecule has 0 bridgehead atoms. The molecule has 0 radical (unpaired) electrons. The van der Waals surface area contributed by atoms with Gasteiger partial charge in [-0.2, -0.15) is 0 Å². The van der Waals surface area contributed by atoms with E-state index in [4.69, 9.17) is 0 Å². The van der Waals surface area contributed by atoms with Crippen LogP contribution in [0, 0.1) is 0 Å². The van der Waals surface area contributed by atoms with Crippen molar-refractivity contribution in [3.05, 3.63) is 60.4 Å². The zero-order chi connectivity index (χ0) is 14.7. The smallest absolute Gasteiger partial charge is 0.141 e. The lowest BCUT2D eigenvalue weighted by molar-refractivity contribution is 0.686. The number of nitrogens with zero attached hydrogens (tertiary/aromatic N) is 2. The number of hydrogen-bond acceptors (Lipinski definition) is 4. The normalized spacial score (nSPS) is 12.2. The zero-order valence-corrected chi connectivity index (χ0v) is 12.4. The molecule has 1 N–H and O–H groups in total. The summed E-state index contributed by atoms with van der Waals surface area (Å²) in [4.78, 5) is 8.56. The van der Waals surface area contributed by atoms with Crippen LogP contribution >= 0.6 is 0 Å². The number of anilines is 2. The number of hydrogen-bond donors (Lipinski definition) is 1. The van der Waals surface area contributed by atoms with Crippen LogP contribution in [0.5, 0.6) is 0 Å². The first-order valence-corrected chi connectivity index (χ1v) is 8.31. The van der Waals surface area contributed by atoms with Crippen molar-refractivity contribution in [1.82, 2.24) is 9.97 Å². The molecule has 0 aliphatic heterocycles. The molecule has 5 heteroatoms. The number of benzene rings is 2. The third-order valence-electron chi connectivity index (χ3n) is 3.10. The van der Waals surface area contributed by atoms with Crippen molar-refractivity contribution in [2.75, 3.05) is 11.6 Å². The molecule has 1 atom stereocenters. The van der Waals surface area contributed by atoms with Gasteiger partial charge in [-0.25, -0.2) is 9.97 Å². The Bertz CT molecular complexity index is 799. The monoisotopic (exact) mass is 297 g/mol. The molecular formula is C16H15N3OS. The number of rotatable bonds is 4. The number of fused-ring (bicyclic) bond motifs is 1. The third kappa shape index (κ3) is 3.25. The predicted molar refractivity (Wildman–Crippen MR) is 87.0 cm³/mol. The van der Waals surface area contributed by atoms with Crippen molar-refractivity contribution >= 4 is 33.2 Å². The van der Waals surface area contributed by atoms with Gasteiger partial charge in [-0.1, -0.05) is 24.3 Å². The van der Waals surface area contributed by atoms with E-state index in [9.17, 15) is 4.21 Å². The molecule has 0 aliphatic carbocycles. The molecule has 2 aromatic carbocycles. The maximum absolute atomic E-state index is 11.3. The van der Waals surface area contributed by atoms with Crippen molar-refractivity contribution in [3.63, 3.8) is 0 Å². The van der Waals surface area contributed by atoms with Crippen molar-refractivity contribution in [1.29, 1.82) is 0 Å². The van der Waals surface area contributed by atoms with E-state index in [1.54, 1.807) is 12.6 Å². The van der Waals surface area contributed by atoms with Crippen LogP contribution in [0.3, 0.4) is 0 Å². The number of aromatic nitrogens is 2. The molecule has 21 heavy (non-hydrogen) atoms. The first-order valence-electron chi connectivity index (χ1n) is 6.58. The van der Waals surface area contributed by atoms with Crippen LogP contribution in [0.15, 0.2) is 54.9 Å². The van der Waals surface area contributed by atoms with Gasteiger partial charge < -0.3 is 5.32 Å². The quantitative estimate of drug-likeness (QED) is 0.803. The summed E-state index contributed by atoms with van der Waals surface area (Å²) in [5.74, 6) is 1.33. The molecule has 3 aromatic rings. The van der Waals surface area contributed by atoms with Gasteiger partial charge in [0.1, 0.15) is 12.1 Å². The van der Waals surface area contributed by atoms with Gasteiger partial charge in [-0.15, -0.1) is 0 Å². The second-order valence-electron chi connectivity index (χ2n) is 4.78. The van der Waals surface area contributed by atoms with E-state index in [1.165, 1.54) is 0 Å². The molecule has 1 heterocycles. The Hall–Kier alpha value is -2.27. The maximum atomic E-state index is 11.3. The topological polar surface area (TPSA) is 54.9 Å². The molecule has 106 valence electrons. The molecule has 0 spiro atoms. The zero-order valence-electron chi connectivity index (χ0n) is 11.6. The Kier molecular flexibility index (Phi) is 3.92. The maximum Gasteiger partial charge on any atom is 0.141 e. The Morgan fingerprint density at radius 3 is 2.81 bits per heavy atom. The van der Waals surface area contributed by atoms with Gasteiger partial charge in [0.25, 0.3) is 0 Å². The molecule has 0 saturated heterocycles. The van der Waals surface area contributed by atoms with Crippen LogP contribution < -0.4 is 5.32 Å². The van der Waals surface area contributed by atoms with Crippen LogP contribution in [0.1, 0.15) is 5.56 Å². The van der Waals surface area contributed by atoms with Crippen LogP contribution in [-0.4, -0.2) is 20.4 Å². The summed E-state index contributed by atoms with van der Waals surface area (Å²) in [6.45, 7) is 0. The van der Waals surface area contributed by atoms with E-state index in [-0.39, 0.29) is 0 Å². The summed E-state index contributed by atoms with van der Waals surface area (Å²) in [5, 5.41) is 4.29. The van der Waals surface area contributed by atoms with E-state index in [2.05, 4.69) is 15.3 Å². The van der Waals surface area contributed by atoms with E-state index in [1.807, 2.05) is 48.5 Å². The number of para-hydroxylation sites is 1. The second-order valence-corrected chi connectivity index (χ2v) is 6.22. The first-order chi connectivity index (χ1) is 10.2. The Labute approximate surface area is 125 Å². The van der Waals surface area contributed by atoms with Crippen molar-refractivity contribution in [3.8, 4) is 0 Å². The highest BCUT2D eigenvalue weighted by Crippen LogP contribution is 2.23. The lowest BCUT2D eigenvalue weighted by atomic mass is 10.2. The fourth-order valence-electron chi connectivity index (χ4n) is 2.21. The SMILES string of the molecule is CS(=O)Cc1cccc(Nc2ncnc3ccccc23)c1. The van der Waals surface area contributed by atoms with Crippen LogP contribution in [0.4, 0.5) is 11.5 Å². The summed E-state index contributed by atoms with van der Waals surface area (Å²) in [6.07, 6.45) is 3.26. The van der Waals surface area contributed by atoms with Gasteiger partial charge in [-0.05, 0) is 29.8 Å². The first kappa shape index (κ1) is 13.7. The van der Waals surface area contributed by atoms with Gasteiger partial charge in [0.15, 0.2) is 0 Å². The minimum atomic E-state index is -0.847. The second kappa shape index (κ2) is 6.01.